The van der Waals surface area contributed by atoms with Gasteiger partial charge in [-0.15, -0.1) is 0 Å². The van der Waals surface area contributed by atoms with E-state index in [0.29, 0.717) is 11.5 Å². The highest BCUT2D eigenvalue weighted by Crippen LogP contribution is 2.60. The normalized spacial score (nSPS) is 29.9. The molecule has 4 aliphatic rings. The third-order valence-corrected chi connectivity index (χ3v) is 7.00. The number of rotatable bonds is 5. The Labute approximate surface area is 171 Å². The summed E-state index contributed by atoms with van der Waals surface area (Å²) in [6.07, 6.45) is 12.7. The fourth-order valence-electron chi connectivity index (χ4n) is 6.10. The monoisotopic (exact) mass is 389 g/mol. The van der Waals surface area contributed by atoms with Gasteiger partial charge in [-0.3, -0.25) is 9.78 Å². The second-order valence-corrected chi connectivity index (χ2v) is 9.09. The second-order valence-electron chi connectivity index (χ2n) is 9.09. The molecule has 4 nitrogen and oxygen atoms in total. The molecule has 0 saturated heterocycles. The van der Waals surface area contributed by atoms with Crippen LogP contribution in [0, 0.1) is 23.2 Å². The van der Waals surface area contributed by atoms with E-state index >= 15 is 0 Å². The van der Waals surface area contributed by atoms with Crippen LogP contribution in [-0.4, -0.2) is 18.1 Å². The molecule has 4 bridgehead atoms. The summed E-state index contributed by atoms with van der Waals surface area (Å²) >= 11 is 0. The van der Waals surface area contributed by atoms with E-state index in [-0.39, 0.29) is 11.4 Å². The average molecular weight is 389 g/mol. The van der Waals surface area contributed by atoms with Crippen molar-refractivity contribution in [2.45, 2.75) is 38.5 Å². The standard InChI is InChI=1S/C25H27NO3/c1-28-23-13-17(5-7-21-4-2-3-9-26-21)6-8-22(23)29-24(27)25-14-18-10-19(15-25)12-20(11-18)16-25/h2-9,13,18-20H,10-12,14-16H2,1H3/b7-5+. The summed E-state index contributed by atoms with van der Waals surface area (Å²) in [6.45, 7) is 0. The molecular weight excluding hydrogens is 362 g/mol. The first-order chi connectivity index (χ1) is 14.1. The van der Waals surface area contributed by atoms with Crippen molar-refractivity contribution < 1.29 is 14.3 Å². The van der Waals surface area contributed by atoms with Crippen LogP contribution in [0.25, 0.3) is 12.2 Å². The molecule has 0 radical (unpaired) electrons. The number of hydrogen-bond acceptors (Lipinski definition) is 4. The van der Waals surface area contributed by atoms with Crippen molar-refractivity contribution >= 4 is 18.1 Å². The van der Waals surface area contributed by atoms with Gasteiger partial charge < -0.3 is 9.47 Å². The molecule has 1 aromatic heterocycles. The Morgan fingerprint density at radius 3 is 2.34 bits per heavy atom. The zero-order valence-corrected chi connectivity index (χ0v) is 16.8. The van der Waals surface area contributed by atoms with E-state index in [4.69, 9.17) is 9.47 Å². The highest BCUT2D eigenvalue weighted by atomic mass is 16.6. The fraction of sp³-hybridized carbons (Fsp3) is 0.440. The van der Waals surface area contributed by atoms with Crippen molar-refractivity contribution in [2.24, 2.45) is 23.2 Å². The Balaban J connectivity index is 1.33. The summed E-state index contributed by atoms with van der Waals surface area (Å²) in [5.74, 6) is 3.21. The van der Waals surface area contributed by atoms with Crippen LogP contribution >= 0.6 is 0 Å². The molecule has 0 unspecified atom stereocenters. The van der Waals surface area contributed by atoms with Crippen molar-refractivity contribution in [3.05, 3.63) is 53.9 Å². The molecule has 1 aromatic carbocycles. The topological polar surface area (TPSA) is 48.4 Å². The number of esters is 1. The number of benzene rings is 1. The van der Waals surface area contributed by atoms with E-state index in [9.17, 15) is 4.79 Å². The van der Waals surface area contributed by atoms with E-state index in [1.54, 1.807) is 13.3 Å². The van der Waals surface area contributed by atoms with Crippen molar-refractivity contribution in [3.63, 3.8) is 0 Å². The summed E-state index contributed by atoms with van der Waals surface area (Å²) in [7, 11) is 1.61. The minimum Gasteiger partial charge on any atom is -0.493 e. The number of ether oxygens (including phenoxy) is 2. The molecular formula is C25H27NO3. The maximum atomic E-state index is 13.2. The lowest BCUT2D eigenvalue weighted by Crippen LogP contribution is -2.51. The van der Waals surface area contributed by atoms with E-state index < -0.39 is 0 Å². The first kappa shape index (κ1) is 18.4. The molecule has 1 heterocycles. The molecule has 0 spiro atoms. The van der Waals surface area contributed by atoms with Crippen LogP contribution in [0.2, 0.25) is 0 Å². The Hall–Kier alpha value is -2.62. The number of hydrogen-bond donors (Lipinski definition) is 0. The predicted molar refractivity (Wildman–Crippen MR) is 112 cm³/mol. The molecule has 0 amide bonds. The number of carbonyl (C=O) groups is 1. The minimum atomic E-state index is -0.267. The van der Waals surface area contributed by atoms with Gasteiger partial charge in [0, 0.05) is 6.20 Å². The van der Waals surface area contributed by atoms with Crippen LogP contribution in [0.4, 0.5) is 0 Å². The maximum Gasteiger partial charge on any atom is 0.317 e. The van der Waals surface area contributed by atoms with Gasteiger partial charge in [0.25, 0.3) is 0 Å². The van der Waals surface area contributed by atoms with Gasteiger partial charge in [-0.1, -0.05) is 18.2 Å². The average Bonchev–Trinajstić information content (AvgIpc) is 2.72. The third kappa shape index (κ3) is 3.57. The van der Waals surface area contributed by atoms with Gasteiger partial charge in [-0.25, -0.2) is 0 Å². The first-order valence-corrected chi connectivity index (χ1v) is 10.6. The lowest BCUT2D eigenvalue weighted by molar-refractivity contribution is -0.161. The van der Waals surface area contributed by atoms with Gasteiger partial charge in [-0.05, 0) is 92.2 Å². The predicted octanol–water partition coefficient (Wildman–Crippen LogP) is 5.38. The summed E-state index contributed by atoms with van der Waals surface area (Å²) in [5, 5.41) is 0. The van der Waals surface area contributed by atoms with Gasteiger partial charge in [0.2, 0.25) is 0 Å². The number of methoxy groups -OCH3 is 1. The second kappa shape index (κ2) is 7.33. The van der Waals surface area contributed by atoms with Crippen LogP contribution < -0.4 is 9.47 Å². The Morgan fingerprint density at radius 1 is 1.00 bits per heavy atom. The molecule has 4 heteroatoms. The Kier molecular flexibility index (Phi) is 4.65. The van der Waals surface area contributed by atoms with Crippen LogP contribution in [0.5, 0.6) is 11.5 Å². The van der Waals surface area contributed by atoms with E-state index in [2.05, 4.69) is 4.98 Å². The zero-order valence-electron chi connectivity index (χ0n) is 16.8. The summed E-state index contributed by atoms with van der Waals surface area (Å²) in [6, 6.07) is 11.5. The fourth-order valence-corrected chi connectivity index (χ4v) is 6.10. The smallest absolute Gasteiger partial charge is 0.317 e. The van der Waals surface area contributed by atoms with Crippen molar-refractivity contribution in [1.82, 2.24) is 4.98 Å². The molecule has 150 valence electrons. The highest BCUT2D eigenvalue weighted by molar-refractivity contribution is 5.81. The summed E-state index contributed by atoms with van der Waals surface area (Å²) < 4.78 is 11.5. The van der Waals surface area contributed by atoms with Crippen molar-refractivity contribution in [3.8, 4) is 11.5 Å². The van der Waals surface area contributed by atoms with Crippen LogP contribution in [0.3, 0.4) is 0 Å². The Morgan fingerprint density at radius 2 is 1.72 bits per heavy atom. The van der Waals surface area contributed by atoms with Crippen LogP contribution in [-0.2, 0) is 4.79 Å². The largest absolute Gasteiger partial charge is 0.493 e. The quantitative estimate of drug-likeness (QED) is 0.509. The van der Waals surface area contributed by atoms with E-state index in [1.807, 2.05) is 48.6 Å². The highest BCUT2D eigenvalue weighted by Gasteiger charge is 2.55. The van der Waals surface area contributed by atoms with E-state index in [0.717, 1.165) is 48.3 Å². The number of pyridine rings is 1. The third-order valence-electron chi connectivity index (χ3n) is 7.00. The molecule has 0 atom stereocenters. The molecule has 0 aliphatic heterocycles. The molecule has 4 aliphatic carbocycles. The molecule has 29 heavy (non-hydrogen) atoms. The van der Waals surface area contributed by atoms with Gasteiger partial charge in [0.15, 0.2) is 11.5 Å². The van der Waals surface area contributed by atoms with Gasteiger partial charge >= 0.3 is 5.97 Å². The zero-order chi connectivity index (χ0) is 19.8. The number of nitrogens with zero attached hydrogens (tertiary/aromatic N) is 1. The maximum absolute atomic E-state index is 13.2. The summed E-state index contributed by atoms with van der Waals surface area (Å²) in [4.78, 5) is 17.5. The summed E-state index contributed by atoms with van der Waals surface area (Å²) in [5.41, 5.74) is 1.60. The van der Waals surface area contributed by atoms with Crippen LogP contribution in [0.1, 0.15) is 49.8 Å². The van der Waals surface area contributed by atoms with Crippen LogP contribution in [0.15, 0.2) is 42.6 Å². The minimum absolute atomic E-state index is 0.0494. The Bertz CT molecular complexity index is 899. The molecule has 4 fully saturated rings. The molecule has 4 saturated carbocycles. The van der Waals surface area contributed by atoms with E-state index in [1.165, 1.54) is 19.3 Å². The lowest BCUT2D eigenvalue weighted by Gasteiger charge is -2.55. The lowest BCUT2D eigenvalue weighted by atomic mass is 9.49. The first-order valence-electron chi connectivity index (χ1n) is 10.6. The van der Waals surface area contributed by atoms with Crippen molar-refractivity contribution in [1.29, 1.82) is 0 Å². The van der Waals surface area contributed by atoms with Gasteiger partial charge in [0.1, 0.15) is 0 Å². The van der Waals surface area contributed by atoms with Crippen molar-refractivity contribution in [2.75, 3.05) is 7.11 Å². The number of aromatic nitrogens is 1. The molecule has 6 rings (SSSR count). The molecule has 2 aromatic rings. The van der Waals surface area contributed by atoms with Gasteiger partial charge in [-0.2, -0.15) is 0 Å². The molecule has 0 N–H and O–H groups in total. The van der Waals surface area contributed by atoms with Gasteiger partial charge in [0.05, 0.1) is 18.2 Å². The SMILES string of the molecule is COc1cc(/C=C/c2ccccn2)ccc1OC(=O)C12CC3CC(CC(C3)C1)C2. The number of carbonyl (C=O) groups excluding carboxylic acids is 1.